The van der Waals surface area contributed by atoms with Gasteiger partial charge in [-0.05, 0) is 47.5 Å². The molecule has 3 aromatic carbocycles. The number of rotatable bonds is 6. The number of nitro groups is 1. The van der Waals surface area contributed by atoms with Crippen LogP contribution in [0.25, 0.3) is 11.6 Å². The van der Waals surface area contributed by atoms with Crippen molar-refractivity contribution in [1.82, 2.24) is 0 Å². The number of allylic oxidation sites excluding steroid dienone is 1. The molecule has 5 nitrogen and oxygen atoms in total. The zero-order valence-corrected chi connectivity index (χ0v) is 17.4. The predicted molar refractivity (Wildman–Crippen MR) is 117 cm³/mol. The standard InChI is InChI=1S/C22H14BrClN2O3/c23-19-6-9-22(29-14-15-4-7-20(24)8-5-15)17(11-19)10-18(13-25)16-2-1-3-21(12-16)26(27)28/h1-12H,14H2/b18-10-. The molecule has 0 radical (unpaired) electrons. The van der Waals surface area contributed by atoms with E-state index in [2.05, 4.69) is 22.0 Å². The maximum atomic E-state index is 11.0. The number of ether oxygens (including phenoxy) is 1. The van der Waals surface area contributed by atoms with Crippen LogP contribution in [0.2, 0.25) is 5.02 Å². The van der Waals surface area contributed by atoms with Gasteiger partial charge in [0.2, 0.25) is 0 Å². The number of halogens is 2. The molecule has 7 heteroatoms. The minimum absolute atomic E-state index is 0.0721. The lowest BCUT2D eigenvalue weighted by molar-refractivity contribution is -0.384. The number of benzene rings is 3. The van der Waals surface area contributed by atoms with Gasteiger partial charge in [0.25, 0.3) is 5.69 Å². The van der Waals surface area contributed by atoms with E-state index in [1.807, 2.05) is 24.3 Å². The second-order valence-corrected chi connectivity index (χ2v) is 7.43. The summed E-state index contributed by atoms with van der Waals surface area (Å²) < 4.78 is 6.75. The topological polar surface area (TPSA) is 76.2 Å². The SMILES string of the molecule is N#C/C(=C/c1cc(Br)ccc1OCc1ccc(Cl)cc1)c1cccc([N+](=O)[O-])c1. The molecule has 0 spiro atoms. The van der Waals surface area contributed by atoms with E-state index in [0.29, 0.717) is 34.1 Å². The lowest BCUT2D eigenvalue weighted by Gasteiger charge is -2.11. The molecular weight excluding hydrogens is 456 g/mol. The van der Waals surface area contributed by atoms with Crippen molar-refractivity contribution in [3.05, 3.63) is 103 Å². The van der Waals surface area contributed by atoms with Crippen molar-refractivity contribution in [2.24, 2.45) is 0 Å². The molecule has 0 saturated carbocycles. The molecule has 144 valence electrons. The largest absolute Gasteiger partial charge is 0.488 e. The lowest BCUT2D eigenvalue weighted by Crippen LogP contribution is -1.97. The van der Waals surface area contributed by atoms with E-state index in [4.69, 9.17) is 16.3 Å². The van der Waals surface area contributed by atoms with Crippen molar-refractivity contribution in [2.75, 3.05) is 0 Å². The number of nitrogens with zero attached hydrogens (tertiary/aromatic N) is 2. The van der Waals surface area contributed by atoms with Crippen LogP contribution in [0.3, 0.4) is 0 Å². The Kier molecular flexibility index (Phi) is 6.65. The fraction of sp³-hybridized carbons (Fsp3) is 0.0455. The van der Waals surface area contributed by atoms with Crippen LogP contribution in [0, 0.1) is 21.4 Å². The van der Waals surface area contributed by atoms with Crippen molar-refractivity contribution < 1.29 is 9.66 Å². The number of nitriles is 1. The van der Waals surface area contributed by atoms with E-state index in [1.165, 1.54) is 12.1 Å². The Morgan fingerprint density at radius 1 is 1.17 bits per heavy atom. The Hall–Kier alpha value is -3.14. The van der Waals surface area contributed by atoms with Gasteiger partial charge < -0.3 is 4.74 Å². The first-order valence-electron chi connectivity index (χ1n) is 8.49. The van der Waals surface area contributed by atoms with Crippen LogP contribution in [0.5, 0.6) is 5.75 Å². The molecule has 0 fully saturated rings. The van der Waals surface area contributed by atoms with E-state index in [9.17, 15) is 15.4 Å². The molecule has 0 aliphatic heterocycles. The zero-order chi connectivity index (χ0) is 20.8. The molecule has 29 heavy (non-hydrogen) atoms. The molecule has 3 rings (SSSR count). The van der Waals surface area contributed by atoms with Crippen molar-refractivity contribution in [3.63, 3.8) is 0 Å². The Morgan fingerprint density at radius 2 is 1.93 bits per heavy atom. The number of hydrogen-bond donors (Lipinski definition) is 0. The summed E-state index contributed by atoms with van der Waals surface area (Å²) in [7, 11) is 0. The summed E-state index contributed by atoms with van der Waals surface area (Å²) >= 11 is 9.33. The van der Waals surface area contributed by atoms with Gasteiger partial charge in [0.05, 0.1) is 16.6 Å². The van der Waals surface area contributed by atoms with Gasteiger partial charge in [0, 0.05) is 27.2 Å². The van der Waals surface area contributed by atoms with Gasteiger partial charge in [-0.2, -0.15) is 5.26 Å². The summed E-state index contributed by atoms with van der Waals surface area (Å²) in [4.78, 5) is 10.5. The van der Waals surface area contributed by atoms with E-state index in [0.717, 1.165) is 10.0 Å². The van der Waals surface area contributed by atoms with E-state index >= 15 is 0 Å². The van der Waals surface area contributed by atoms with Crippen LogP contribution >= 0.6 is 27.5 Å². The zero-order valence-electron chi connectivity index (χ0n) is 15.0. The Labute approximate surface area is 181 Å². The molecular formula is C22H14BrClN2O3. The first kappa shape index (κ1) is 20.6. The summed E-state index contributed by atoms with van der Waals surface area (Å²) in [5.41, 5.74) is 2.31. The van der Waals surface area contributed by atoms with Gasteiger partial charge in [-0.3, -0.25) is 10.1 Å². The first-order chi connectivity index (χ1) is 14.0. The quantitative estimate of drug-likeness (QED) is 0.175. The predicted octanol–water partition coefficient (Wildman–Crippen LogP) is 6.65. The van der Waals surface area contributed by atoms with E-state index in [-0.39, 0.29) is 5.69 Å². The third kappa shape index (κ3) is 5.44. The molecule has 0 saturated heterocycles. The molecule has 0 heterocycles. The van der Waals surface area contributed by atoms with Crippen molar-refractivity contribution in [1.29, 1.82) is 5.26 Å². The van der Waals surface area contributed by atoms with Gasteiger partial charge >= 0.3 is 0 Å². The van der Waals surface area contributed by atoms with Crippen LogP contribution in [-0.2, 0) is 6.61 Å². The summed E-state index contributed by atoms with van der Waals surface area (Å²) in [6.07, 6.45) is 1.65. The summed E-state index contributed by atoms with van der Waals surface area (Å²) in [5, 5.41) is 21.3. The molecule has 0 atom stereocenters. The fourth-order valence-electron chi connectivity index (χ4n) is 2.63. The van der Waals surface area contributed by atoms with E-state index in [1.54, 1.807) is 36.4 Å². The van der Waals surface area contributed by atoms with Crippen LogP contribution < -0.4 is 4.74 Å². The highest BCUT2D eigenvalue weighted by atomic mass is 79.9. The fourth-order valence-corrected chi connectivity index (χ4v) is 3.13. The number of nitro benzene ring substituents is 1. The van der Waals surface area contributed by atoms with Crippen LogP contribution in [0.1, 0.15) is 16.7 Å². The number of hydrogen-bond acceptors (Lipinski definition) is 4. The summed E-state index contributed by atoms with van der Waals surface area (Å²) in [5.74, 6) is 0.585. The minimum atomic E-state index is -0.488. The minimum Gasteiger partial charge on any atom is -0.488 e. The maximum absolute atomic E-state index is 11.0. The molecule has 0 N–H and O–H groups in total. The molecule has 0 unspecified atom stereocenters. The first-order valence-corrected chi connectivity index (χ1v) is 9.67. The van der Waals surface area contributed by atoms with Gasteiger partial charge in [-0.25, -0.2) is 0 Å². The van der Waals surface area contributed by atoms with Crippen LogP contribution in [-0.4, -0.2) is 4.92 Å². The maximum Gasteiger partial charge on any atom is 0.270 e. The smallest absolute Gasteiger partial charge is 0.270 e. The highest BCUT2D eigenvalue weighted by Gasteiger charge is 2.11. The lowest BCUT2D eigenvalue weighted by atomic mass is 10.0. The highest BCUT2D eigenvalue weighted by molar-refractivity contribution is 9.10. The van der Waals surface area contributed by atoms with Crippen molar-refractivity contribution in [2.45, 2.75) is 6.61 Å². The second kappa shape index (κ2) is 9.37. The molecule has 0 aromatic heterocycles. The van der Waals surface area contributed by atoms with E-state index < -0.39 is 4.92 Å². The van der Waals surface area contributed by atoms with Crippen molar-refractivity contribution in [3.8, 4) is 11.8 Å². The normalized spacial score (nSPS) is 11.0. The van der Waals surface area contributed by atoms with Gasteiger partial charge in [0.1, 0.15) is 12.4 Å². The molecule has 0 aliphatic rings. The highest BCUT2D eigenvalue weighted by Crippen LogP contribution is 2.29. The van der Waals surface area contributed by atoms with Crippen LogP contribution in [0.4, 0.5) is 5.69 Å². The molecule has 0 bridgehead atoms. The average molecular weight is 470 g/mol. The third-order valence-corrected chi connectivity index (χ3v) is 4.81. The Bertz CT molecular complexity index is 1120. The summed E-state index contributed by atoms with van der Waals surface area (Å²) in [6, 6.07) is 20.9. The third-order valence-electron chi connectivity index (χ3n) is 4.07. The van der Waals surface area contributed by atoms with Gasteiger partial charge in [0.15, 0.2) is 0 Å². The molecule has 3 aromatic rings. The number of non-ortho nitro benzene ring substituents is 1. The summed E-state index contributed by atoms with van der Waals surface area (Å²) in [6.45, 7) is 0.332. The van der Waals surface area contributed by atoms with Crippen molar-refractivity contribution >= 4 is 44.9 Å². The molecule has 0 aliphatic carbocycles. The second-order valence-electron chi connectivity index (χ2n) is 6.07. The van der Waals surface area contributed by atoms with Gasteiger partial charge in [-0.1, -0.05) is 51.8 Å². The average Bonchev–Trinajstić information content (AvgIpc) is 2.72. The molecule has 0 amide bonds. The Morgan fingerprint density at radius 3 is 2.62 bits per heavy atom. The van der Waals surface area contributed by atoms with Gasteiger partial charge in [-0.15, -0.1) is 0 Å². The van der Waals surface area contributed by atoms with Crippen LogP contribution in [0.15, 0.2) is 71.2 Å². The Balaban J connectivity index is 1.93. The monoisotopic (exact) mass is 468 g/mol.